The summed E-state index contributed by atoms with van der Waals surface area (Å²) >= 11 is 0. The highest BCUT2D eigenvalue weighted by Gasteiger charge is 2.28. The normalized spacial score (nSPS) is 23.7. The van der Waals surface area contributed by atoms with Crippen LogP contribution in [0, 0.1) is 0 Å². The van der Waals surface area contributed by atoms with Gasteiger partial charge >= 0.3 is 0 Å². The highest BCUT2D eigenvalue weighted by molar-refractivity contribution is 5.81. The number of hydrogen-bond acceptors (Lipinski definition) is 4. The predicted octanol–water partition coefficient (Wildman–Crippen LogP) is 2.26. The molecule has 1 aliphatic heterocycles. The van der Waals surface area contributed by atoms with E-state index < -0.39 is 0 Å². The third kappa shape index (κ3) is 2.61. The fraction of sp³-hybridized carbons (Fsp3) is 0.471. The molecule has 0 spiro atoms. The van der Waals surface area contributed by atoms with Crippen molar-refractivity contribution in [1.29, 1.82) is 0 Å². The molecule has 0 saturated carbocycles. The number of benzene rings is 1. The van der Waals surface area contributed by atoms with Crippen molar-refractivity contribution in [2.24, 2.45) is 0 Å². The number of pyridine rings is 1. The molecule has 2 aromatic rings. The molecule has 0 radical (unpaired) electrons. The number of likely N-dealkylation sites (N-methyl/N-ethyl adjacent to an activating group) is 1. The van der Waals surface area contributed by atoms with E-state index in [0.29, 0.717) is 12.1 Å². The van der Waals surface area contributed by atoms with Crippen LogP contribution in [-0.2, 0) is 6.61 Å². The molecule has 1 aliphatic rings. The van der Waals surface area contributed by atoms with Gasteiger partial charge in [-0.15, -0.1) is 0 Å². The van der Waals surface area contributed by atoms with Crippen LogP contribution >= 0.6 is 0 Å². The number of nitrogens with zero attached hydrogens (tertiary/aromatic N) is 3. The van der Waals surface area contributed by atoms with Crippen molar-refractivity contribution in [2.45, 2.75) is 32.5 Å². The first-order chi connectivity index (χ1) is 10.1. The molecule has 0 amide bonds. The number of aliphatic hydroxyl groups is 1. The molecule has 0 bridgehead atoms. The lowest BCUT2D eigenvalue weighted by molar-refractivity contribution is 0.169. The van der Waals surface area contributed by atoms with Crippen molar-refractivity contribution in [3.05, 3.63) is 35.9 Å². The van der Waals surface area contributed by atoms with Crippen LogP contribution < -0.4 is 4.90 Å². The van der Waals surface area contributed by atoms with Gasteiger partial charge in [-0.2, -0.15) is 0 Å². The Morgan fingerprint density at radius 1 is 1.19 bits per heavy atom. The second kappa shape index (κ2) is 5.62. The van der Waals surface area contributed by atoms with Crippen LogP contribution in [0.3, 0.4) is 0 Å². The Hall–Kier alpha value is -1.65. The van der Waals surface area contributed by atoms with E-state index in [0.717, 1.165) is 35.4 Å². The maximum Gasteiger partial charge on any atom is 0.134 e. The van der Waals surface area contributed by atoms with E-state index in [9.17, 15) is 5.11 Å². The van der Waals surface area contributed by atoms with Crippen LogP contribution in [0.15, 0.2) is 30.3 Å². The number of hydrogen-bond donors (Lipinski definition) is 1. The maximum absolute atomic E-state index is 9.72. The van der Waals surface area contributed by atoms with E-state index in [1.807, 2.05) is 24.3 Å². The molecule has 2 heterocycles. The first-order valence-electron chi connectivity index (χ1n) is 7.56. The molecule has 1 aromatic heterocycles. The van der Waals surface area contributed by atoms with Gasteiger partial charge in [0.1, 0.15) is 5.82 Å². The minimum atomic E-state index is 0.0300. The Morgan fingerprint density at radius 3 is 2.52 bits per heavy atom. The molecule has 2 atom stereocenters. The van der Waals surface area contributed by atoms with Gasteiger partial charge in [-0.25, -0.2) is 4.98 Å². The van der Waals surface area contributed by atoms with Crippen LogP contribution in [0.25, 0.3) is 10.9 Å². The molecule has 3 rings (SSSR count). The van der Waals surface area contributed by atoms with Gasteiger partial charge in [0.05, 0.1) is 12.1 Å². The number of aromatic nitrogens is 1. The third-order valence-corrected chi connectivity index (χ3v) is 4.61. The summed E-state index contributed by atoms with van der Waals surface area (Å²) in [6.07, 6.45) is 0. The average molecular weight is 285 g/mol. The highest BCUT2D eigenvalue weighted by Crippen LogP contribution is 2.26. The Bertz CT molecular complexity index is 631. The molecular formula is C17H23N3O. The molecule has 4 heteroatoms. The molecule has 1 N–H and O–H groups in total. The van der Waals surface area contributed by atoms with Gasteiger partial charge in [0.2, 0.25) is 0 Å². The lowest BCUT2D eigenvalue weighted by Crippen LogP contribution is -2.55. The van der Waals surface area contributed by atoms with Crippen LogP contribution in [0.1, 0.15) is 19.4 Å². The van der Waals surface area contributed by atoms with Crippen LogP contribution in [0.2, 0.25) is 0 Å². The number of anilines is 1. The van der Waals surface area contributed by atoms with Gasteiger partial charge in [-0.1, -0.05) is 18.2 Å². The van der Waals surface area contributed by atoms with Gasteiger partial charge in [0.15, 0.2) is 0 Å². The minimum absolute atomic E-state index is 0.0300. The number of piperazine rings is 1. The van der Waals surface area contributed by atoms with Crippen molar-refractivity contribution in [3.63, 3.8) is 0 Å². The van der Waals surface area contributed by atoms with Crippen molar-refractivity contribution < 1.29 is 5.11 Å². The number of aliphatic hydroxyl groups excluding tert-OH is 1. The lowest BCUT2D eigenvalue weighted by atomic mass is 10.1. The lowest BCUT2D eigenvalue weighted by Gasteiger charge is -2.43. The Labute approximate surface area is 126 Å². The summed E-state index contributed by atoms with van der Waals surface area (Å²) in [6.45, 7) is 6.39. The zero-order chi connectivity index (χ0) is 15.0. The summed E-state index contributed by atoms with van der Waals surface area (Å²) in [6, 6.07) is 11.1. The van der Waals surface area contributed by atoms with Gasteiger partial charge < -0.3 is 10.0 Å². The van der Waals surface area contributed by atoms with Crippen LogP contribution in [0.4, 0.5) is 5.82 Å². The zero-order valence-electron chi connectivity index (χ0n) is 13.0. The molecule has 1 fully saturated rings. The number of fused-ring (bicyclic) bond motifs is 1. The van der Waals surface area contributed by atoms with Gasteiger partial charge in [-0.3, -0.25) is 4.90 Å². The summed E-state index contributed by atoms with van der Waals surface area (Å²) < 4.78 is 0. The molecule has 0 aliphatic carbocycles. The zero-order valence-corrected chi connectivity index (χ0v) is 13.0. The van der Waals surface area contributed by atoms with Crippen molar-refractivity contribution in [3.8, 4) is 0 Å². The highest BCUT2D eigenvalue weighted by atomic mass is 16.3. The predicted molar refractivity (Wildman–Crippen MR) is 86.6 cm³/mol. The Kier molecular flexibility index (Phi) is 3.83. The number of para-hydroxylation sites is 1. The SMILES string of the molecule is CC1CN(c2nc3ccccc3cc2CO)CC(C)N1C. The first kappa shape index (κ1) is 14.3. The van der Waals surface area contributed by atoms with E-state index in [1.54, 1.807) is 0 Å². The van der Waals surface area contributed by atoms with E-state index in [4.69, 9.17) is 4.98 Å². The topological polar surface area (TPSA) is 39.6 Å². The van der Waals surface area contributed by atoms with E-state index in [1.165, 1.54) is 0 Å². The third-order valence-electron chi connectivity index (χ3n) is 4.61. The quantitative estimate of drug-likeness (QED) is 0.919. The second-order valence-electron chi connectivity index (χ2n) is 6.09. The largest absolute Gasteiger partial charge is 0.392 e. The summed E-state index contributed by atoms with van der Waals surface area (Å²) in [5, 5.41) is 10.8. The standard InChI is InChI=1S/C17H23N3O/c1-12-9-20(10-13(2)19(12)3)17-15(11-21)8-14-6-4-5-7-16(14)18-17/h4-8,12-13,21H,9-11H2,1-3H3. The van der Waals surface area contributed by atoms with Crippen molar-refractivity contribution in [1.82, 2.24) is 9.88 Å². The molecule has 1 saturated heterocycles. The van der Waals surface area contributed by atoms with Crippen molar-refractivity contribution in [2.75, 3.05) is 25.0 Å². The van der Waals surface area contributed by atoms with Crippen LogP contribution in [-0.4, -0.2) is 47.2 Å². The average Bonchev–Trinajstić information content (AvgIpc) is 2.50. The van der Waals surface area contributed by atoms with Gasteiger partial charge in [0, 0.05) is 36.1 Å². The molecule has 1 aromatic carbocycles. The van der Waals surface area contributed by atoms with Gasteiger partial charge in [0.25, 0.3) is 0 Å². The fourth-order valence-corrected chi connectivity index (χ4v) is 3.12. The molecule has 112 valence electrons. The molecular weight excluding hydrogens is 262 g/mol. The molecule has 21 heavy (non-hydrogen) atoms. The summed E-state index contributed by atoms with van der Waals surface area (Å²) in [7, 11) is 2.17. The monoisotopic (exact) mass is 285 g/mol. The van der Waals surface area contributed by atoms with E-state index in [2.05, 4.69) is 36.8 Å². The van der Waals surface area contributed by atoms with E-state index >= 15 is 0 Å². The smallest absolute Gasteiger partial charge is 0.134 e. The Balaban J connectivity index is 2.02. The first-order valence-corrected chi connectivity index (χ1v) is 7.56. The fourth-order valence-electron chi connectivity index (χ4n) is 3.12. The number of rotatable bonds is 2. The molecule has 2 unspecified atom stereocenters. The van der Waals surface area contributed by atoms with E-state index in [-0.39, 0.29) is 6.61 Å². The van der Waals surface area contributed by atoms with Crippen LogP contribution in [0.5, 0.6) is 0 Å². The summed E-state index contributed by atoms with van der Waals surface area (Å²) in [4.78, 5) is 9.52. The summed E-state index contributed by atoms with van der Waals surface area (Å²) in [5.41, 5.74) is 1.90. The maximum atomic E-state index is 9.72. The molecule has 4 nitrogen and oxygen atoms in total. The Morgan fingerprint density at radius 2 is 1.86 bits per heavy atom. The van der Waals surface area contributed by atoms with Gasteiger partial charge in [-0.05, 0) is 33.0 Å². The summed E-state index contributed by atoms with van der Waals surface area (Å²) in [5.74, 6) is 0.933. The van der Waals surface area contributed by atoms with Crippen molar-refractivity contribution >= 4 is 16.7 Å². The second-order valence-corrected chi connectivity index (χ2v) is 6.09. The minimum Gasteiger partial charge on any atom is -0.392 e.